The average Bonchev–Trinajstić information content (AvgIpc) is 2.76. The van der Waals surface area contributed by atoms with E-state index in [-0.39, 0.29) is 0 Å². The van der Waals surface area contributed by atoms with Crippen molar-refractivity contribution in [3.63, 3.8) is 0 Å². The molecule has 1 aromatic heterocycles. The molecule has 1 saturated carbocycles. The van der Waals surface area contributed by atoms with Crippen molar-refractivity contribution in [2.45, 2.75) is 44.4 Å². The van der Waals surface area contributed by atoms with Crippen molar-refractivity contribution in [1.82, 2.24) is 9.88 Å². The highest BCUT2D eigenvalue weighted by molar-refractivity contribution is 7.13. The predicted octanol–water partition coefficient (Wildman–Crippen LogP) is 3.33. The lowest BCUT2D eigenvalue weighted by atomic mass is 9.98. The molecule has 1 saturated heterocycles. The van der Waals surface area contributed by atoms with Crippen molar-refractivity contribution in [2.24, 2.45) is 0 Å². The predicted molar refractivity (Wildman–Crippen MR) is 82.3 cm³/mol. The first kappa shape index (κ1) is 13.4. The molecule has 1 aromatic rings. The molecular weight excluding hydrogens is 254 g/mol. The summed E-state index contributed by atoms with van der Waals surface area (Å²) >= 11 is 1.85. The lowest BCUT2D eigenvalue weighted by Gasteiger charge is -2.32. The largest absolute Gasteiger partial charge is 0.346 e. The third-order valence-electron chi connectivity index (χ3n) is 4.56. The third-order valence-corrected chi connectivity index (χ3v) is 5.48. The SMILES string of the molecule is CN1CCN(c2nc(C3CCCCCC3)cs2)CC1. The first-order valence-corrected chi connectivity index (χ1v) is 8.60. The second-order valence-corrected chi connectivity index (χ2v) is 6.87. The summed E-state index contributed by atoms with van der Waals surface area (Å²) in [5.74, 6) is 0.736. The normalized spacial score (nSPS) is 23.5. The lowest BCUT2D eigenvalue weighted by molar-refractivity contribution is 0.312. The summed E-state index contributed by atoms with van der Waals surface area (Å²) < 4.78 is 0. The molecule has 0 bridgehead atoms. The third kappa shape index (κ3) is 3.29. The minimum absolute atomic E-state index is 0.736. The molecule has 0 amide bonds. The van der Waals surface area contributed by atoms with Crippen LogP contribution in [0.4, 0.5) is 5.13 Å². The van der Waals surface area contributed by atoms with Gasteiger partial charge in [-0.1, -0.05) is 25.7 Å². The average molecular weight is 279 g/mol. The van der Waals surface area contributed by atoms with E-state index in [0.29, 0.717) is 0 Å². The van der Waals surface area contributed by atoms with Crippen LogP contribution in [0.25, 0.3) is 0 Å². The fraction of sp³-hybridized carbons (Fsp3) is 0.800. The Morgan fingerprint density at radius 3 is 2.42 bits per heavy atom. The molecule has 2 aliphatic rings. The Kier molecular flexibility index (Phi) is 4.38. The molecule has 0 unspecified atom stereocenters. The monoisotopic (exact) mass is 279 g/mol. The second kappa shape index (κ2) is 6.23. The van der Waals surface area contributed by atoms with Crippen molar-refractivity contribution in [3.8, 4) is 0 Å². The fourth-order valence-electron chi connectivity index (χ4n) is 3.18. The molecule has 3 nitrogen and oxygen atoms in total. The van der Waals surface area contributed by atoms with E-state index in [1.807, 2.05) is 11.3 Å². The van der Waals surface area contributed by atoms with Crippen LogP contribution in [0.15, 0.2) is 5.38 Å². The van der Waals surface area contributed by atoms with Gasteiger partial charge in [0.05, 0.1) is 5.69 Å². The zero-order valence-electron chi connectivity index (χ0n) is 12.0. The van der Waals surface area contributed by atoms with Gasteiger partial charge in [-0.05, 0) is 19.9 Å². The van der Waals surface area contributed by atoms with Gasteiger partial charge in [-0.15, -0.1) is 11.3 Å². The number of thiazole rings is 1. The van der Waals surface area contributed by atoms with E-state index in [9.17, 15) is 0 Å². The summed E-state index contributed by atoms with van der Waals surface area (Å²) in [5, 5.41) is 3.58. The maximum atomic E-state index is 4.95. The summed E-state index contributed by atoms with van der Waals surface area (Å²) in [7, 11) is 2.20. The van der Waals surface area contributed by atoms with Crippen LogP contribution in [0.3, 0.4) is 0 Å². The van der Waals surface area contributed by atoms with Crippen molar-refractivity contribution >= 4 is 16.5 Å². The van der Waals surface area contributed by atoms with E-state index < -0.39 is 0 Å². The van der Waals surface area contributed by atoms with E-state index >= 15 is 0 Å². The fourth-order valence-corrected chi connectivity index (χ4v) is 4.14. The summed E-state index contributed by atoms with van der Waals surface area (Å²) in [4.78, 5) is 9.81. The molecule has 0 N–H and O–H groups in total. The number of aromatic nitrogens is 1. The van der Waals surface area contributed by atoms with Gasteiger partial charge in [-0.3, -0.25) is 0 Å². The van der Waals surface area contributed by atoms with E-state index in [2.05, 4.69) is 22.2 Å². The van der Waals surface area contributed by atoms with Gasteiger partial charge in [-0.2, -0.15) is 0 Å². The van der Waals surface area contributed by atoms with Gasteiger partial charge in [0.1, 0.15) is 0 Å². The van der Waals surface area contributed by atoms with E-state index in [1.54, 1.807) is 0 Å². The Morgan fingerprint density at radius 2 is 1.74 bits per heavy atom. The zero-order chi connectivity index (χ0) is 13.1. The second-order valence-electron chi connectivity index (χ2n) is 6.03. The molecule has 4 heteroatoms. The summed E-state index contributed by atoms with van der Waals surface area (Å²) in [5.41, 5.74) is 1.38. The highest BCUT2D eigenvalue weighted by Crippen LogP contribution is 2.34. The van der Waals surface area contributed by atoms with Gasteiger partial charge >= 0.3 is 0 Å². The Hall–Kier alpha value is -0.610. The molecule has 3 rings (SSSR count). The standard InChI is InChI=1S/C15H25N3S/c1-17-8-10-18(11-9-17)15-16-14(12-19-15)13-6-4-2-3-5-7-13/h12-13H,2-11H2,1H3. The van der Waals surface area contributed by atoms with Gasteiger partial charge in [0.15, 0.2) is 5.13 Å². The number of hydrogen-bond donors (Lipinski definition) is 0. The molecular formula is C15H25N3S. The number of likely N-dealkylation sites (N-methyl/N-ethyl adjacent to an activating group) is 1. The molecule has 1 aliphatic carbocycles. The van der Waals surface area contributed by atoms with Crippen molar-refractivity contribution in [2.75, 3.05) is 38.1 Å². The van der Waals surface area contributed by atoms with Crippen LogP contribution in [-0.2, 0) is 0 Å². The number of piperazine rings is 1. The molecule has 2 heterocycles. The van der Waals surface area contributed by atoms with Gasteiger partial charge in [0.25, 0.3) is 0 Å². The first-order chi connectivity index (χ1) is 9.33. The highest BCUT2D eigenvalue weighted by Gasteiger charge is 2.21. The highest BCUT2D eigenvalue weighted by atomic mass is 32.1. The maximum absolute atomic E-state index is 4.95. The van der Waals surface area contributed by atoms with Crippen LogP contribution in [0.5, 0.6) is 0 Å². The molecule has 1 aliphatic heterocycles. The molecule has 0 spiro atoms. The maximum Gasteiger partial charge on any atom is 0.185 e. The Labute approximate surface area is 120 Å². The topological polar surface area (TPSA) is 19.4 Å². The van der Waals surface area contributed by atoms with Crippen molar-refractivity contribution in [3.05, 3.63) is 11.1 Å². The van der Waals surface area contributed by atoms with Crippen LogP contribution < -0.4 is 4.90 Å². The van der Waals surface area contributed by atoms with E-state index in [4.69, 9.17) is 4.98 Å². The number of nitrogens with zero attached hydrogens (tertiary/aromatic N) is 3. The number of anilines is 1. The van der Waals surface area contributed by atoms with Crippen LogP contribution in [-0.4, -0.2) is 43.1 Å². The van der Waals surface area contributed by atoms with Crippen LogP contribution in [0.1, 0.15) is 50.1 Å². The summed E-state index contributed by atoms with van der Waals surface area (Å²) in [6.45, 7) is 4.60. The minimum Gasteiger partial charge on any atom is -0.346 e. The Bertz CT molecular complexity index is 388. The first-order valence-electron chi connectivity index (χ1n) is 7.72. The van der Waals surface area contributed by atoms with Crippen LogP contribution in [0, 0.1) is 0 Å². The van der Waals surface area contributed by atoms with Gasteiger partial charge in [0, 0.05) is 37.5 Å². The molecule has 0 atom stereocenters. The molecule has 19 heavy (non-hydrogen) atoms. The van der Waals surface area contributed by atoms with Gasteiger partial charge in [-0.25, -0.2) is 4.98 Å². The van der Waals surface area contributed by atoms with E-state index in [0.717, 1.165) is 19.0 Å². The number of hydrogen-bond acceptors (Lipinski definition) is 4. The Morgan fingerprint density at radius 1 is 1.05 bits per heavy atom. The molecule has 0 radical (unpaired) electrons. The number of rotatable bonds is 2. The summed E-state index contributed by atoms with van der Waals surface area (Å²) in [6, 6.07) is 0. The van der Waals surface area contributed by atoms with Crippen molar-refractivity contribution < 1.29 is 0 Å². The van der Waals surface area contributed by atoms with Crippen LogP contribution >= 0.6 is 11.3 Å². The van der Waals surface area contributed by atoms with Crippen LogP contribution in [0.2, 0.25) is 0 Å². The quantitative estimate of drug-likeness (QED) is 0.774. The van der Waals surface area contributed by atoms with E-state index in [1.165, 1.54) is 62.4 Å². The van der Waals surface area contributed by atoms with Gasteiger partial charge in [0.2, 0.25) is 0 Å². The molecule has 0 aromatic carbocycles. The minimum atomic E-state index is 0.736. The lowest BCUT2D eigenvalue weighted by Crippen LogP contribution is -2.44. The molecule has 106 valence electrons. The smallest absolute Gasteiger partial charge is 0.185 e. The Balaban J connectivity index is 1.65. The van der Waals surface area contributed by atoms with Crippen molar-refractivity contribution in [1.29, 1.82) is 0 Å². The zero-order valence-corrected chi connectivity index (χ0v) is 12.8. The summed E-state index contributed by atoms with van der Waals surface area (Å²) in [6.07, 6.45) is 8.34. The van der Waals surface area contributed by atoms with Gasteiger partial charge < -0.3 is 9.80 Å². The molecule has 2 fully saturated rings.